The number of aryl methyl sites for hydroxylation is 1. The van der Waals surface area contributed by atoms with Gasteiger partial charge < -0.3 is 19.8 Å². The van der Waals surface area contributed by atoms with Crippen LogP contribution in [-0.4, -0.2) is 36.2 Å². The maximum absolute atomic E-state index is 12.2. The molecule has 6 nitrogen and oxygen atoms in total. The molecule has 1 aliphatic heterocycles. The SMILES string of the molecule is COc1cc(C)cc2c1N(C)C(=O)C2(O)CC(=O)O. The van der Waals surface area contributed by atoms with Gasteiger partial charge in [-0.25, -0.2) is 0 Å². The predicted molar refractivity (Wildman–Crippen MR) is 67.3 cm³/mol. The number of aliphatic hydroxyl groups is 1. The van der Waals surface area contributed by atoms with Crippen LogP contribution in [0.15, 0.2) is 12.1 Å². The number of hydrogen-bond donors (Lipinski definition) is 2. The predicted octanol–water partition coefficient (Wildman–Crippen LogP) is 0.642. The minimum Gasteiger partial charge on any atom is -0.495 e. The molecule has 1 unspecified atom stereocenters. The van der Waals surface area contributed by atoms with Crippen molar-refractivity contribution in [3.05, 3.63) is 23.3 Å². The van der Waals surface area contributed by atoms with Crippen LogP contribution >= 0.6 is 0 Å². The third-order valence-electron chi connectivity index (χ3n) is 3.29. The summed E-state index contributed by atoms with van der Waals surface area (Å²) in [6.07, 6.45) is -0.671. The Labute approximate surface area is 110 Å². The van der Waals surface area contributed by atoms with Crippen molar-refractivity contribution in [2.24, 2.45) is 0 Å². The normalized spacial score (nSPS) is 21.5. The van der Waals surface area contributed by atoms with E-state index in [9.17, 15) is 14.7 Å². The first-order valence-corrected chi connectivity index (χ1v) is 5.72. The molecular formula is C13H15NO5. The summed E-state index contributed by atoms with van der Waals surface area (Å²) in [7, 11) is 2.95. The van der Waals surface area contributed by atoms with Crippen LogP contribution in [0.1, 0.15) is 17.5 Å². The summed E-state index contributed by atoms with van der Waals surface area (Å²) in [6.45, 7) is 1.78. The number of nitrogens with zero attached hydrogens (tertiary/aromatic N) is 1. The van der Waals surface area contributed by atoms with E-state index in [4.69, 9.17) is 9.84 Å². The smallest absolute Gasteiger partial charge is 0.307 e. The first-order valence-electron chi connectivity index (χ1n) is 5.72. The minimum absolute atomic E-state index is 0.277. The average molecular weight is 265 g/mol. The van der Waals surface area contributed by atoms with Gasteiger partial charge in [0.15, 0.2) is 5.60 Å². The number of carboxylic acid groups (broad SMARTS) is 1. The van der Waals surface area contributed by atoms with Crippen LogP contribution < -0.4 is 9.64 Å². The summed E-state index contributed by atoms with van der Waals surface area (Å²) in [5.74, 6) is -1.46. The van der Waals surface area contributed by atoms with Crippen LogP contribution in [0.5, 0.6) is 5.75 Å². The highest BCUT2D eigenvalue weighted by atomic mass is 16.5. The highest BCUT2D eigenvalue weighted by Crippen LogP contribution is 2.47. The molecule has 0 aliphatic carbocycles. The van der Waals surface area contributed by atoms with Gasteiger partial charge in [-0.3, -0.25) is 9.59 Å². The number of carbonyl (C=O) groups excluding carboxylic acids is 1. The zero-order valence-electron chi connectivity index (χ0n) is 10.9. The van der Waals surface area contributed by atoms with Gasteiger partial charge in [0, 0.05) is 12.6 Å². The Bertz CT molecular complexity index is 568. The Balaban J connectivity index is 2.69. The number of carboxylic acids is 1. The number of carbonyl (C=O) groups is 2. The molecule has 6 heteroatoms. The van der Waals surface area contributed by atoms with Crippen LogP contribution in [-0.2, 0) is 15.2 Å². The zero-order chi connectivity index (χ0) is 14.4. The number of anilines is 1. The third kappa shape index (κ3) is 1.84. The molecular weight excluding hydrogens is 250 g/mol. The van der Waals surface area contributed by atoms with Crippen molar-refractivity contribution in [2.45, 2.75) is 18.9 Å². The summed E-state index contributed by atoms with van der Waals surface area (Å²) in [5.41, 5.74) is -0.557. The highest BCUT2D eigenvalue weighted by Gasteiger charge is 2.51. The first-order chi connectivity index (χ1) is 8.81. The number of hydrogen-bond acceptors (Lipinski definition) is 4. The van der Waals surface area contributed by atoms with Crippen molar-refractivity contribution in [1.82, 2.24) is 0 Å². The second-order valence-corrected chi connectivity index (χ2v) is 4.66. The fourth-order valence-corrected chi connectivity index (χ4v) is 2.45. The summed E-state index contributed by atoms with van der Waals surface area (Å²) in [4.78, 5) is 24.3. The van der Waals surface area contributed by atoms with Gasteiger partial charge in [-0.2, -0.15) is 0 Å². The van der Waals surface area contributed by atoms with E-state index in [1.807, 2.05) is 0 Å². The monoisotopic (exact) mass is 265 g/mol. The standard InChI is InChI=1S/C13H15NO5/c1-7-4-8-11(9(5-7)19-3)14(2)12(17)13(8,18)6-10(15)16/h4-5,18H,6H2,1-3H3,(H,15,16). The van der Waals surface area contributed by atoms with E-state index in [1.54, 1.807) is 19.1 Å². The van der Waals surface area contributed by atoms with Crippen molar-refractivity contribution in [3.8, 4) is 5.75 Å². The summed E-state index contributed by atoms with van der Waals surface area (Å²) in [6, 6.07) is 3.34. The Morgan fingerprint density at radius 3 is 2.63 bits per heavy atom. The molecule has 0 aromatic heterocycles. The maximum atomic E-state index is 12.2. The molecule has 1 atom stereocenters. The number of benzene rings is 1. The Hall–Kier alpha value is -2.08. The maximum Gasteiger partial charge on any atom is 0.307 e. The molecule has 0 saturated heterocycles. The molecule has 2 rings (SSSR count). The lowest BCUT2D eigenvalue weighted by Gasteiger charge is -2.19. The average Bonchev–Trinajstić information content (AvgIpc) is 2.50. The van der Waals surface area contributed by atoms with Gasteiger partial charge in [0.1, 0.15) is 5.75 Å². The molecule has 1 heterocycles. The molecule has 0 spiro atoms. The van der Waals surface area contributed by atoms with Crippen LogP contribution in [0, 0.1) is 6.92 Å². The molecule has 1 aliphatic rings. The molecule has 0 bridgehead atoms. The van der Waals surface area contributed by atoms with E-state index in [-0.39, 0.29) is 5.56 Å². The fourth-order valence-electron chi connectivity index (χ4n) is 2.45. The molecule has 1 aromatic carbocycles. The quantitative estimate of drug-likeness (QED) is 0.837. The van der Waals surface area contributed by atoms with Gasteiger partial charge >= 0.3 is 5.97 Å². The Morgan fingerprint density at radius 2 is 2.11 bits per heavy atom. The van der Waals surface area contributed by atoms with Crippen LogP contribution in [0.4, 0.5) is 5.69 Å². The number of rotatable bonds is 3. The van der Waals surface area contributed by atoms with Gasteiger partial charge in [-0.05, 0) is 18.6 Å². The highest BCUT2D eigenvalue weighted by molar-refractivity contribution is 6.09. The van der Waals surface area contributed by atoms with E-state index < -0.39 is 23.9 Å². The zero-order valence-corrected chi connectivity index (χ0v) is 10.9. The van der Waals surface area contributed by atoms with Gasteiger partial charge in [-0.15, -0.1) is 0 Å². The second-order valence-electron chi connectivity index (χ2n) is 4.66. The van der Waals surface area contributed by atoms with Gasteiger partial charge in [-0.1, -0.05) is 6.07 Å². The lowest BCUT2D eigenvalue weighted by atomic mass is 9.90. The first kappa shape index (κ1) is 13.4. The van der Waals surface area contributed by atoms with Crippen molar-refractivity contribution in [2.75, 3.05) is 19.1 Å². The lowest BCUT2D eigenvalue weighted by molar-refractivity contribution is -0.150. The lowest BCUT2D eigenvalue weighted by Crippen LogP contribution is -2.40. The second kappa shape index (κ2) is 4.24. The molecule has 0 radical (unpaired) electrons. The summed E-state index contributed by atoms with van der Waals surface area (Å²) < 4.78 is 5.20. The number of fused-ring (bicyclic) bond motifs is 1. The fraction of sp³-hybridized carbons (Fsp3) is 0.385. The Kier molecular flexibility index (Phi) is 2.98. The van der Waals surface area contributed by atoms with E-state index in [2.05, 4.69) is 0 Å². The molecule has 1 amide bonds. The Morgan fingerprint density at radius 1 is 1.47 bits per heavy atom. The molecule has 1 aromatic rings. The van der Waals surface area contributed by atoms with E-state index in [0.29, 0.717) is 11.4 Å². The number of aliphatic carboxylic acids is 1. The van der Waals surface area contributed by atoms with E-state index in [1.165, 1.54) is 19.1 Å². The van der Waals surface area contributed by atoms with Gasteiger partial charge in [0.2, 0.25) is 0 Å². The van der Waals surface area contributed by atoms with Gasteiger partial charge in [0.05, 0.1) is 19.2 Å². The van der Waals surface area contributed by atoms with E-state index >= 15 is 0 Å². The van der Waals surface area contributed by atoms with Crippen LogP contribution in [0.25, 0.3) is 0 Å². The van der Waals surface area contributed by atoms with Crippen molar-refractivity contribution in [1.29, 1.82) is 0 Å². The van der Waals surface area contributed by atoms with Crippen molar-refractivity contribution in [3.63, 3.8) is 0 Å². The summed E-state index contributed by atoms with van der Waals surface area (Å²) in [5, 5.41) is 19.4. The minimum atomic E-state index is -2.03. The number of methoxy groups -OCH3 is 1. The largest absolute Gasteiger partial charge is 0.495 e. The molecule has 0 fully saturated rings. The molecule has 0 saturated carbocycles. The molecule has 19 heavy (non-hydrogen) atoms. The van der Waals surface area contributed by atoms with Crippen LogP contribution in [0.3, 0.4) is 0 Å². The summed E-state index contributed by atoms with van der Waals surface area (Å²) >= 11 is 0. The van der Waals surface area contributed by atoms with Crippen LogP contribution in [0.2, 0.25) is 0 Å². The van der Waals surface area contributed by atoms with Gasteiger partial charge in [0.25, 0.3) is 5.91 Å². The molecule has 102 valence electrons. The third-order valence-corrected chi connectivity index (χ3v) is 3.29. The van der Waals surface area contributed by atoms with Crippen molar-refractivity contribution >= 4 is 17.6 Å². The number of amides is 1. The molecule has 2 N–H and O–H groups in total. The number of ether oxygens (including phenoxy) is 1. The number of likely N-dealkylation sites (N-methyl/N-ethyl adjacent to an activating group) is 1. The topological polar surface area (TPSA) is 87.1 Å². The van der Waals surface area contributed by atoms with E-state index in [0.717, 1.165) is 5.56 Å². The van der Waals surface area contributed by atoms with Crippen molar-refractivity contribution < 1.29 is 24.5 Å².